The maximum atomic E-state index is 12.2. The Morgan fingerprint density at radius 3 is 2.89 bits per heavy atom. The standard InChI is InChI=1S/C20H19N5O3/c1-10-17(15(20(27)28)6-11-2-3-11)18(12-8-21-22-9-12)25-19(23-10)14-7-13(26)4-5-16(14)24-25/h4-5,7-9,11,15,26H,2-3,6H2,1H3,(H,21,22)(H,27,28). The van der Waals surface area contributed by atoms with Gasteiger partial charge in [0, 0.05) is 23.0 Å². The molecule has 3 N–H and O–H groups in total. The van der Waals surface area contributed by atoms with Crippen LogP contribution in [0.5, 0.6) is 5.75 Å². The van der Waals surface area contributed by atoms with Gasteiger partial charge in [0.05, 0.1) is 28.7 Å². The van der Waals surface area contributed by atoms with Crippen LogP contribution in [0.15, 0.2) is 30.6 Å². The van der Waals surface area contributed by atoms with Gasteiger partial charge in [0.25, 0.3) is 0 Å². The van der Waals surface area contributed by atoms with E-state index >= 15 is 0 Å². The fraction of sp³-hybridized carbons (Fsp3) is 0.300. The summed E-state index contributed by atoms with van der Waals surface area (Å²) in [5, 5.41) is 32.1. The number of aromatic amines is 1. The maximum Gasteiger partial charge on any atom is 0.311 e. The smallest absolute Gasteiger partial charge is 0.311 e. The zero-order chi connectivity index (χ0) is 19.4. The molecule has 0 bridgehead atoms. The van der Waals surface area contributed by atoms with Gasteiger partial charge in [-0.15, -0.1) is 0 Å². The molecule has 142 valence electrons. The number of aromatic nitrogens is 5. The number of carbonyl (C=O) groups is 1. The molecule has 1 aromatic carbocycles. The highest BCUT2D eigenvalue weighted by atomic mass is 16.4. The van der Waals surface area contributed by atoms with Crippen LogP contribution in [0.25, 0.3) is 27.8 Å². The molecule has 8 nitrogen and oxygen atoms in total. The van der Waals surface area contributed by atoms with Crippen LogP contribution in [0.1, 0.15) is 36.4 Å². The fourth-order valence-electron chi connectivity index (χ4n) is 3.93. The topological polar surface area (TPSA) is 116 Å². The van der Waals surface area contributed by atoms with Crippen LogP contribution in [0.3, 0.4) is 0 Å². The summed E-state index contributed by atoms with van der Waals surface area (Å²) in [4.78, 5) is 16.9. The van der Waals surface area contributed by atoms with Crippen molar-refractivity contribution in [2.45, 2.75) is 32.1 Å². The molecule has 0 radical (unpaired) electrons. The summed E-state index contributed by atoms with van der Waals surface area (Å²) in [6.45, 7) is 1.84. The zero-order valence-corrected chi connectivity index (χ0v) is 15.3. The molecule has 1 fully saturated rings. The Hall–Kier alpha value is -3.42. The second-order valence-corrected chi connectivity index (χ2v) is 7.45. The molecule has 3 aromatic heterocycles. The average molecular weight is 377 g/mol. The van der Waals surface area contributed by atoms with Crippen LogP contribution in [0, 0.1) is 12.8 Å². The molecule has 1 atom stereocenters. The van der Waals surface area contributed by atoms with Crippen LogP contribution in [-0.2, 0) is 4.79 Å². The van der Waals surface area contributed by atoms with Gasteiger partial charge >= 0.3 is 5.97 Å². The summed E-state index contributed by atoms with van der Waals surface area (Å²) in [5.41, 5.74) is 4.02. The number of phenols is 1. The van der Waals surface area contributed by atoms with Crippen LogP contribution in [-0.4, -0.2) is 41.0 Å². The minimum Gasteiger partial charge on any atom is -0.508 e. The monoisotopic (exact) mass is 377 g/mol. The van der Waals surface area contributed by atoms with Crippen LogP contribution < -0.4 is 0 Å². The lowest BCUT2D eigenvalue weighted by molar-refractivity contribution is -0.139. The van der Waals surface area contributed by atoms with E-state index in [-0.39, 0.29) is 5.75 Å². The Labute approximate surface area is 159 Å². The van der Waals surface area contributed by atoms with Gasteiger partial charge in [-0.2, -0.15) is 10.2 Å². The molecule has 1 saturated carbocycles. The van der Waals surface area contributed by atoms with Crippen molar-refractivity contribution in [1.29, 1.82) is 0 Å². The largest absolute Gasteiger partial charge is 0.508 e. The number of hydrogen-bond donors (Lipinski definition) is 3. The fourth-order valence-corrected chi connectivity index (χ4v) is 3.93. The summed E-state index contributed by atoms with van der Waals surface area (Å²) < 4.78 is 1.68. The van der Waals surface area contributed by atoms with Crippen molar-refractivity contribution < 1.29 is 15.0 Å². The van der Waals surface area contributed by atoms with Crippen LogP contribution in [0.2, 0.25) is 0 Å². The van der Waals surface area contributed by atoms with E-state index in [1.807, 2.05) is 6.92 Å². The number of benzene rings is 1. The first-order chi connectivity index (χ1) is 13.5. The van der Waals surface area contributed by atoms with E-state index in [9.17, 15) is 15.0 Å². The molecule has 5 rings (SSSR count). The predicted molar refractivity (Wildman–Crippen MR) is 102 cm³/mol. The number of phenolic OH excluding ortho intramolecular Hbond substituents is 1. The second kappa shape index (κ2) is 6.05. The second-order valence-electron chi connectivity index (χ2n) is 7.45. The van der Waals surface area contributed by atoms with Gasteiger partial charge < -0.3 is 10.2 Å². The van der Waals surface area contributed by atoms with Gasteiger partial charge in [0.15, 0.2) is 5.65 Å². The van der Waals surface area contributed by atoms with Gasteiger partial charge in [-0.3, -0.25) is 9.89 Å². The lowest BCUT2D eigenvalue weighted by atomic mass is 9.89. The summed E-state index contributed by atoms with van der Waals surface area (Å²) in [6, 6.07) is 4.93. The molecular weight excluding hydrogens is 358 g/mol. The molecule has 3 heterocycles. The highest BCUT2D eigenvalue weighted by molar-refractivity contribution is 5.95. The van der Waals surface area contributed by atoms with E-state index < -0.39 is 11.9 Å². The maximum absolute atomic E-state index is 12.2. The number of hydrogen-bond acceptors (Lipinski definition) is 5. The third-order valence-corrected chi connectivity index (χ3v) is 5.44. The summed E-state index contributed by atoms with van der Waals surface area (Å²) in [6.07, 6.45) is 6.14. The molecule has 8 heteroatoms. The number of rotatable bonds is 5. The minimum atomic E-state index is -0.852. The lowest BCUT2D eigenvalue weighted by Crippen LogP contribution is -2.18. The molecule has 0 saturated heterocycles. The molecule has 28 heavy (non-hydrogen) atoms. The van der Waals surface area contributed by atoms with E-state index in [4.69, 9.17) is 4.98 Å². The van der Waals surface area contributed by atoms with E-state index in [1.54, 1.807) is 35.1 Å². The minimum absolute atomic E-state index is 0.132. The molecule has 1 aliphatic rings. The van der Waals surface area contributed by atoms with E-state index in [0.717, 1.165) is 18.4 Å². The zero-order valence-electron chi connectivity index (χ0n) is 15.3. The van der Waals surface area contributed by atoms with Crippen LogP contribution in [0.4, 0.5) is 0 Å². The third-order valence-electron chi connectivity index (χ3n) is 5.44. The van der Waals surface area contributed by atoms with Gasteiger partial charge in [-0.1, -0.05) is 12.8 Å². The Bertz CT molecular complexity index is 1210. The number of aryl methyl sites for hydroxylation is 1. The van der Waals surface area contributed by atoms with E-state index in [2.05, 4.69) is 15.3 Å². The van der Waals surface area contributed by atoms with Crippen molar-refractivity contribution >= 4 is 22.5 Å². The molecule has 4 aromatic rings. The molecule has 1 aliphatic carbocycles. The van der Waals surface area contributed by atoms with Gasteiger partial charge in [0.1, 0.15) is 5.75 Å². The molecule has 1 unspecified atom stereocenters. The number of aliphatic carboxylic acids is 1. The summed E-state index contributed by atoms with van der Waals surface area (Å²) in [7, 11) is 0. The van der Waals surface area contributed by atoms with Crippen molar-refractivity contribution in [3.8, 4) is 17.0 Å². The first-order valence-corrected chi connectivity index (χ1v) is 9.27. The molecule has 0 aliphatic heterocycles. The number of aromatic hydroxyl groups is 1. The Morgan fingerprint density at radius 2 is 2.21 bits per heavy atom. The Morgan fingerprint density at radius 1 is 1.39 bits per heavy atom. The van der Waals surface area contributed by atoms with Crippen molar-refractivity contribution in [1.82, 2.24) is 24.8 Å². The van der Waals surface area contributed by atoms with Crippen molar-refractivity contribution in [2.75, 3.05) is 0 Å². The van der Waals surface area contributed by atoms with Gasteiger partial charge in [-0.25, -0.2) is 9.50 Å². The normalized spacial score (nSPS) is 15.3. The lowest BCUT2D eigenvalue weighted by Gasteiger charge is -2.19. The highest BCUT2D eigenvalue weighted by Crippen LogP contribution is 2.42. The van der Waals surface area contributed by atoms with Crippen molar-refractivity contribution in [2.24, 2.45) is 5.92 Å². The number of H-pyrrole nitrogens is 1. The summed E-state index contributed by atoms with van der Waals surface area (Å²) in [5.74, 6) is -0.930. The first-order valence-electron chi connectivity index (χ1n) is 9.27. The van der Waals surface area contributed by atoms with Crippen molar-refractivity contribution in [3.63, 3.8) is 0 Å². The van der Waals surface area contributed by atoms with Gasteiger partial charge in [-0.05, 0) is 37.5 Å². The van der Waals surface area contributed by atoms with Crippen molar-refractivity contribution in [3.05, 3.63) is 41.9 Å². The number of fused-ring (bicyclic) bond motifs is 3. The molecular formula is C20H19N5O3. The summed E-state index contributed by atoms with van der Waals surface area (Å²) >= 11 is 0. The Balaban J connectivity index is 1.86. The van der Waals surface area contributed by atoms with E-state index in [1.165, 1.54) is 0 Å². The first kappa shape index (κ1) is 16.7. The number of carboxylic acid groups (broad SMARTS) is 1. The van der Waals surface area contributed by atoms with Gasteiger partial charge in [0.2, 0.25) is 0 Å². The molecule has 0 amide bonds. The molecule has 0 spiro atoms. The van der Waals surface area contributed by atoms with E-state index in [0.29, 0.717) is 45.8 Å². The number of carboxylic acids is 1. The Kier molecular flexibility index (Phi) is 3.61. The number of nitrogens with one attached hydrogen (secondary N) is 1. The number of nitrogens with zero attached hydrogens (tertiary/aromatic N) is 4. The predicted octanol–water partition coefficient (Wildman–Crippen LogP) is 3.25. The third kappa shape index (κ3) is 2.60. The quantitative estimate of drug-likeness (QED) is 0.491. The average Bonchev–Trinajstić information content (AvgIpc) is 3.18. The SMILES string of the molecule is Cc1nc2c3cc(O)ccc3nn2c(-c2cn[nH]c2)c1C(CC1CC1)C(=O)O. The highest BCUT2D eigenvalue weighted by Gasteiger charge is 2.34. The van der Waals surface area contributed by atoms with Crippen LogP contribution >= 0.6 is 0 Å².